The predicted molar refractivity (Wildman–Crippen MR) is 96.1 cm³/mol. The summed E-state index contributed by atoms with van der Waals surface area (Å²) in [4.78, 5) is 0. The summed E-state index contributed by atoms with van der Waals surface area (Å²) in [6.07, 6.45) is 0.494. The molecule has 0 fully saturated rings. The molecule has 0 amide bonds. The second kappa shape index (κ2) is 8.11. The van der Waals surface area contributed by atoms with Crippen LogP contribution in [0.5, 0.6) is 23.0 Å². The molecule has 0 aliphatic carbocycles. The molecule has 128 valence electrons. The minimum atomic E-state index is -0.164. The first-order valence-electron chi connectivity index (χ1n) is 8.13. The first-order valence-corrected chi connectivity index (χ1v) is 8.13. The maximum atomic E-state index is 9.40. The molecule has 3 rings (SSSR count). The smallest absolute Gasteiger partial charge is 0.127 e. The van der Waals surface area contributed by atoms with E-state index in [1.54, 1.807) is 48.5 Å². The number of benzene rings is 3. The van der Waals surface area contributed by atoms with E-state index in [1.807, 2.05) is 30.3 Å². The summed E-state index contributed by atoms with van der Waals surface area (Å²) >= 11 is 0. The maximum absolute atomic E-state index is 9.40. The Morgan fingerprint density at radius 3 is 1.84 bits per heavy atom. The molecule has 25 heavy (non-hydrogen) atoms. The van der Waals surface area contributed by atoms with Crippen molar-refractivity contribution in [2.45, 2.75) is 12.5 Å². The summed E-state index contributed by atoms with van der Waals surface area (Å²) in [5, 5.41) is 18.7. The van der Waals surface area contributed by atoms with Crippen LogP contribution in [-0.4, -0.2) is 16.8 Å². The Labute approximate surface area is 146 Å². The van der Waals surface area contributed by atoms with Gasteiger partial charge in [-0.1, -0.05) is 30.3 Å². The molecular formula is C21H20O4. The van der Waals surface area contributed by atoms with Crippen molar-refractivity contribution in [3.8, 4) is 23.0 Å². The lowest BCUT2D eigenvalue weighted by Gasteiger charge is -2.20. The average Bonchev–Trinajstić information content (AvgIpc) is 2.65. The fraction of sp³-hybridized carbons (Fsp3) is 0.143. The molecule has 0 aliphatic heterocycles. The van der Waals surface area contributed by atoms with Crippen LogP contribution in [-0.2, 0) is 0 Å². The van der Waals surface area contributed by atoms with Gasteiger partial charge in [-0.05, 0) is 54.1 Å². The van der Waals surface area contributed by atoms with E-state index in [1.165, 1.54) is 0 Å². The predicted octanol–water partition coefficient (Wildman–Crippen LogP) is 4.69. The standard InChI is InChI=1S/C21H20O4/c22-17-6-10-19(11-7-17)24-15-14-21(16-4-2-1-3-5-16)25-20-12-8-18(23)9-13-20/h1-13,21-23H,14-15H2. The van der Waals surface area contributed by atoms with Crippen LogP contribution in [0.3, 0.4) is 0 Å². The molecule has 0 aliphatic rings. The molecule has 0 aromatic heterocycles. The average molecular weight is 336 g/mol. The number of ether oxygens (including phenoxy) is 2. The minimum Gasteiger partial charge on any atom is -0.508 e. The molecule has 0 saturated heterocycles. The van der Waals surface area contributed by atoms with Gasteiger partial charge in [0.1, 0.15) is 29.1 Å². The van der Waals surface area contributed by atoms with Crippen LogP contribution in [0.25, 0.3) is 0 Å². The molecule has 0 bridgehead atoms. The van der Waals surface area contributed by atoms with Gasteiger partial charge >= 0.3 is 0 Å². The number of aromatic hydroxyl groups is 2. The molecule has 1 unspecified atom stereocenters. The summed E-state index contributed by atoms with van der Waals surface area (Å²) in [7, 11) is 0. The highest BCUT2D eigenvalue weighted by Crippen LogP contribution is 2.26. The monoisotopic (exact) mass is 336 g/mol. The molecule has 0 radical (unpaired) electrons. The molecule has 3 aromatic carbocycles. The molecule has 0 spiro atoms. The number of phenolic OH excluding ortho intramolecular Hbond substituents is 2. The number of hydrogen-bond donors (Lipinski definition) is 2. The Kier molecular flexibility index (Phi) is 5.42. The van der Waals surface area contributed by atoms with Crippen LogP contribution >= 0.6 is 0 Å². The van der Waals surface area contributed by atoms with Crippen molar-refractivity contribution >= 4 is 0 Å². The van der Waals surface area contributed by atoms with E-state index in [-0.39, 0.29) is 17.6 Å². The van der Waals surface area contributed by atoms with Crippen LogP contribution < -0.4 is 9.47 Å². The molecular weight excluding hydrogens is 316 g/mol. The largest absolute Gasteiger partial charge is 0.508 e. The second-order valence-electron chi connectivity index (χ2n) is 5.64. The highest BCUT2D eigenvalue weighted by Gasteiger charge is 2.14. The lowest BCUT2D eigenvalue weighted by molar-refractivity contribution is 0.163. The minimum absolute atomic E-state index is 0.164. The van der Waals surface area contributed by atoms with E-state index in [0.29, 0.717) is 24.5 Å². The summed E-state index contributed by atoms with van der Waals surface area (Å²) in [6.45, 7) is 0.475. The molecule has 4 heteroatoms. The molecule has 4 nitrogen and oxygen atoms in total. The molecule has 2 N–H and O–H groups in total. The van der Waals surface area contributed by atoms with Gasteiger partial charge in [0.2, 0.25) is 0 Å². The Balaban J connectivity index is 1.66. The van der Waals surface area contributed by atoms with E-state index in [0.717, 1.165) is 5.56 Å². The van der Waals surface area contributed by atoms with E-state index in [2.05, 4.69) is 0 Å². The van der Waals surface area contributed by atoms with Crippen LogP contribution in [0.4, 0.5) is 0 Å². The van der Waals surface area contributed by atoms with Gasteiger partial charge in [-0.3, -0.25) is 0 Å². The normalized spacial score (nSPS) is 11.7. The molecule has 1 atom stereocenters. The second-order valence-corrected chi connectivity index (χ2v) is 5.64. The van der Waals surface area contributed by atoms with Crippen molar-refractivity contribution in [2.24, 2.45) is 0 Å². The number of phenols is 2. The van der Waals surface area contributed by atoms with Crippen molar-refractivity contribution in [3.05, 3.63) is 84.4 Å². The fourth-order valence-corrected chi connectivity index (χ4v) is 2.48. The van der Waals surface area contributed by atoms with E-state index in [9.17, 15) is 10.2 Å². The molecule has 3 aromatic rings. The fourth-order valence-electron chi connectivity index (χ4n) is 2.48. The zero-order chi connectivity index (χ0) is 17.5. The van der Waals surface area contributed by atoms with Gasteiger partial charge in [-0.15, -0.1) is 0 Å². The van der Waals surface area contributed by atoms with E-state index >= 15 is 0 Å². The van der Waals surface area contributed by atoms with Gasteiger partial charge in [-0.2, -0.15) is 0 Å². The van der Waals surface area contributed by atoms with Crippen molar-refractivity contribution in [1.29, 1.82) is 0 Å². The third-order valence-corrected chi connectivity index (χ3v) is 3.77. The Hall–Kier alpha value is -3.14. The van der Waals surface area contributed by atoms with Crippen LogP contribution in [0.2, 0.25) is 0 Å². The molecule has 0 heterocycles. The van der Waals surface area contributed by atoms with Crippen molar-refractivity contribution in [1.82, 2.24) is 0 Å². The SMILES string of the molecule is Oc1ccc(OCCC(Oc2ccc(O)cc2)c2ccccc2)cc1. The Morgan fingerprint density at radius 1 is 0.680 bits per heavy atom. The Bertz CT molecular complexity index is 767. The van der Waals surface area contributed by atoms with Crippen LogP contribution in [0.1, 0.15) is 18.1 Å². The summed E-state index contributed by atoms with van der Waals surface area (Å²) in [6, 6.07) is 23.3. The van der Waals surface area contributed by atoms with Crippen molar-refractivity contribution < 1.29 is 19.7 Å². The van der Waals surface area contributed by atoms with Gasteiger partial charge in [-0.25, -0.2) is 0 Å². The summed E-state index contributed by atoms with van der Waals surface area (Å²) < 4.78 is 11.8. The zero-order valence-corrected chi connectivity index (χ0v) is 13.7. The quantitative estimate of drug-likeness (QED) is 0.657. The first-order chi connectivity index (χ1) is 12.2. The van der Waals surface area contributed by atoms with E-state index in [4.69, 9.17) is 9.47 Å². The van der Waals surface area contributed by atoms with Gasteiger partial charge in [0.05, 0.1) is 6.61 Å². The number of rotatable bonds is 7. The number of hydrogen-bond acceptors (Lipinski definition) is 4. The van der Waals surface area contributed by atoms with Gasteiger partial charge in [0, 0.05) is 6.42 Å². The van der Waals surface area contributed by atoms with Crippen LogP contribution in [0.15, 0.2) is 78.9 Å². The highest BCUT2D eigenvalue weighted by atomic mass is 16.5. The lowest BCUT2D eigenvalue weighted by atomic mass is 10.1. The van der Waals surface area contributed by atoms with Gasteiger partial charge in [0.25, 0.3) is 0 Å². The summed E-state index contributed by atoms with van der Waals surface area (Å²) in [5.41, 5.74) is 1.06. The van der Waals surface area contributed by atoms with Crippen LogP contribution in [0, 0.1) is 0 Å². The third-order valence-electron chi connectivity index (χ3n) is 3.77. The molecule has 0 saturated carbocycles. The maximum Gasteiger partial charge on any atom is 0.127 e. The lowest BCUT2D eigenvalue weighted by Crippen LogP contribution is -2.12. The first kappa shape index (κ1) is 16.7. The topological polar surface area (TPSA) is 58.9 Å². The summed E-state index contributed by atoms with van der Waals surface area (Å²) in [5.74, 6) is 1.81. The zero-order valence-electron chi connectivity index (χ0n) is 13.7. The van der Waals surface area contributed by atoms with Crippen molar-refractivity contribution in [2.75, 3.05) is 6.61 Å². The van der Waals surface area contributed by atoms with Gasteiger partial charge < -0.3 is 19.7 Å². The van der Waals surface area contributed by atoms with Crippen molar-refractivity contribution in [3.63, 3.8) is 0 Å². The highest BCUT2D eigenvalue weighted by molar-refractivity contribution is 5.31. The third kappa shape index (κ3) is 4.91. The van der Waals surface area contributed by atoms with Gasteiger partial charge in [0.15, 0.2) is 0 Å². The Morgan fingerprint density at radius 2 is 1.24 bits per heavy atom. The van der Waals surface area contributed by atoms with E-state index < -0.39 is 0 Å².